The van der Waals surface area contributed by atoms with E-state index in [-0.39, 0.29) is 5.82 Å². The van der Waals surface area contributed by atoms with E-state index in [1.54, 1.807) is 12.1 Å². The van der Waals surface area contributed by atoms with Crippen molar-refractivity contribution in [1.29, 1.82) is 0 Å². The Morgan fingerprint density at radius 1 is 1.25 bits per heavy atom. The lowest BCUT2D eigenvalue weighted by Crippen LogP contribution is -2.35. The molecule has 0 amide bonds. The number of fused-ring (bicyclic) bond motifs is 1. The summed E-state index contributed by atoms with van der Waals surface area (Å²) in [5.41, 5.74) is 2.26. The summed E-state index contributed by atoms with van der Waals surface area (Å²) in [6, 6.07) is 5.42. The number of morpholine rings is 1. The van der Waals surface area contributed by atoms with Crippen molar-refractivity contribution in [2.24, 2.45) is 0 Å². The van der Waals surface area contributed by atoms with Crippen LogP contribution < -0.4 is 0 Å². The first kappa shape index (κ1) is 13.6. The van der Waals surface area contributed by atoms with Gasteiger partial charge in [-0.2, -0.15) is 0 Å². The van der Waals surface area contributed by atoms with Crippen molar-refractivity contribution in [3.05, 3.63) is 35.8 Å². The summed E-state index contributed by atoms with van der Waals surface area (Å²) < 4.78 is 21.1. The van der Waals surface area contributed by atoms with Crippen LogP contribution in [-0.4, -0.2) is 35.8 Å². The van der Waals surface area contributed by atoms with Crippen molar-refractivity contribution in [1.82, 2.24) is 9.47 Å². The molecular formula is C16H21FN2O. The Bertz CT molecular complexity index is 600. The van der Waals surface area contributed by atoms with Gasteiger partial charge in [0.05, 0.1) is 18.7 Å². The number of benzene rings is 1. The standard InChI is InChI=1S/C16H21FN2O/c1-12(2)19-11-13(10-18-5-7-20-8-6-18)15-4-3-14(17)9-16(15)19/h3-4,9,11-12H,5-8,10H2,1-2H3. The van der Waals surface area contributed by atoms with Crippen molar-refractivity contribution >= 4 is 10.9 Å². The van der Waals surface area contributed by atoms with Gasteiger partial charge >= 0.3 is 0 Å². The molecule has 0 N–H and O–H groups in total. The Balaban J connectivity index is 1.97. The van der Waals surface area contributed by atoms with Crippen LogP contribution >= 0.6 is 0 Å². The first-order valence-electron chi connectivity index (χ1n) is 7.24. The molecule has 0 spiro atoms. The quantitative estimate of drug-likeness (QED) is 0.856. The number of hydrogen-bond acceptors (Lipinski definition) is 2. The summed E-state index contributed by atoms with van der Waals surface area (Å²) in [5, 5.41) is 1.16. The first-order valence-corrected chi connectivity index (χ1v) is 7.24. The first-order chi connectivity index (χ1) is 9.65. The topological polar surface area (TPSA) is 17.4 Å². The maximum absolute atomic E-state index is 13.5. The van der Waals surface area contributed by atoms with E-state index in [4.69, 9.17) is 4.74 Å². The molecule has 1 aliphatic rings. The minimum Gasteiger partial charge on any atom is -0.379 e. The molecule has 1 saturated heterocycles. The summed E-state index contributed by atoms with van der Waals surface area (Å²) >= 11 is 0. The summed E-state index contributed by atoms with van der Waals surface area (Å²) in [4.78, 5) is 2.40. The average Bonchev–Trinajstić information content (AvgIpc) is 2.78. The lowest BCUT2D eigenvalue weighted by atomic mass is 10.1. The van der Waals surface area contributed by atoms with Crippen LogP contribution in [0.3, 0.4) is 0 Å². The minimum absolute atomic E-state index is 0.171. The maximum Gasteiger partial charge on any atom is 0.125 e. The van der Waals surface area contributed by atoms with Gasteiger partial charge in [0, 0.05) is 37.3 Å². The zero-order valence-electron chi connectivity index (χ0n) is 12.1. The highest BCUT2D eigenvalue weighted by Gasteiger charge is 2.16. The molecule has 4 heteroatoms. The van der Waals surface area contributed by atoms with Gasteiger partial charge in [-0.05, 0) is 37.6 Å². The lowest BCUT2D eigenvalue weighted by molar-refractivity contribution is 0.0343. The molecule has 108 valence electrons. The van der Waals surface area contributed by atoms with Crippen molar-refractivity contribution in [2.45, 2.75) is 26.4 Å². The SMILES string of the molecule is CC(C)n1cc(CN2CCOCC2)c2ccc(F)cc21. The third-order valence-electron chi connectivity index (χ3n) is 3.93. The van der Waals surface area contributed by atoms with Gasteiger partial charge in [-0.3, -0.25) is 4.90 Å². The Hall–Kier alpha value is -1.39. The molecule has 1 aromatic heterocycles. The van der Waals surface area contributed by atoms with E-state index in [0.29, 0.717) is 6.04 Å². The summed E-state index contributed by atoms with van der Waals surface area (Å²) in [6.07, 6.45) is 2.17. The minimum atomic E-state index is -0.171. The van der Waals surface area contributed by atoms with Gasteiger partial charge in [0.2, 0.25) is 0 Å². The molecule has 3 rings (SSSR count). The number of aromatic nitrogens is 1. The second-order valence-electron chi connectivity index (χ2n) is 5.71. The van der Waals surface area contributed by atoms with Crippen LogP contribution in [0.15, 0.2) is 24.4 Å². The molecule has 3 nitrogen and oxygen atoms in total. The van der Waals surface area contributed by atoms with Gasteiger partial charge in [-0.15, -0.1) is 0 Å². The summed E-state index contributed by atoms with van der Waals surface area (Å²) in [7, 11) is 0. The Morgan fingerprint density at radius 3 is 2.70 bits per heavy atom. The molecule has 0 radical (unpaired) electrons. The molecule has 2 heterocycles. The number of nitrogens with zero attached hydrogens (tertiary/aromatic N) is 2. The molecule has 1 fully saturated rings. The Labute approximate surface area is 118 Å². The highest BCUT2D eigenvalue weighted by molar-refractivity contribution is 5.84. The summed E-state index contributed by atoms with van der Waals surface area (Å²) in [5.74, 6) is -0.171. The van der Waals surface area contributed by atoms with Crippen molar-refractivity contribution in [3.8, 4) is 0 Å². The molecule has 20 heavy (non-hydrogen) atoms. The van der Waals surface area contributed by atoms with E-state index in [0.717, 1.165) is 43.8 Å². The van der Waals surface area contributed by atoms with E-state index in [9.17, 15) is 4.39 Å². The van der Waals surface area contributed by atoms with E-state index in [1.165, 1.54) is 5.56 Å². The van der Waals surface area contributed by atoms with Gasteiger partial charge < -0.3 is 9.30 Å². The van der Waals surface area contributed by atoms with Gasteiger partial charge in [-0.25, -0.2) is 4.39 Å². The van der Waals surface area contributed by atoms with Gasteiger partial charge in [0.15, 0.2) is 0 Å². The fourth-order valence-electron chi connectivity index (χ4n) is 2.85. The van der Waals surface area contributed by atoms with Crippen LogP contribution in [0.25, 0.3) is 10.9 Å². The molecule has 1 aliphatic heterocycles. The lowest BCUT2D eigenvalue weighted by Gasteiger charge is -2.26. The Morgan fingerprint density at radius 2 is 2.00 bits per heavy atom. The van der Waals surface area contributed by atoms with Crippen molar-refractivity contribution in [2.75, 3.05) is 26.3 Å². The number of hydrogen-bond donors (Lipinski definition) is 0. The number of ether oxygens (including phenoxy) is 1. The highest BCUT2D eigenvalue weighted by atomic mass is 19.1. The molecule has 0 atom stereocenters. The zero-order chi connectivity index (χ0) is 14.1. The molecule has 0 aliphatic carbocycles. The number of rotatable bonds is 3. The predicted molar refractivity (Wildman–Crippen MR) is 78.4 cm³/mol. The molecular weight excluding hydrogens is 255 g/mol. The second kappa shape index (κ2) is 5.54. The van der Waals surface area contributed by atoms with Crippen LogP contribution in [0.5, 0.6) is 0 Å². The predicted octanol–water partition coefficient (Wildman–Crippen LogP) is 3.19. The third-order valence-corrected chi connectivity index (χ3v) is 3.93. The van der Waals surface area contributed by atoms with Gasteiger partial charge in [-0.1, -0.05) is 0 Å². The van der Waals surface area contributed by atoms with Crippen LogP contribution in [-0.2, 0) is 11.3 Å². The highest BCUT2D eigenvalue weighted by Crippen LogP contribution is 2.26. The van der Waals surface area contributed by atoms with E-state index >= 15 is 0 Å². The third kappa shape index (κ3) is 2.58. The zero-order valence-corrected chi connectivity index (χ0v) is 12.1. The van der Waals surface area contributed by atoms with Crippen molar-refractivity contribution < 1.29 is 9.13 Å². The molecule has 2 aromatic rings. The molecule has 0 unspecified atom stereocenters. The monoisotopic (exact) mass is 276 g/mol. The Kier molecular flexibility index (Phi) is 3.76. The van der Waals surface area contributed by atoms with Gasteiger partial charge in [0.1, 0.15) is 5.82 Å². The van der Waals surface area contributed by atoms with E-state index < -0.39 is 0 Å². The largest absolute Gasteiger partial charge is 0.379 e. The van der Waals surface area contributed by atoms with E-state index in [2.05, 4.69) is 29.5 Å². The van der Waals surface area contributed by atoms with Crippen LogP contribution in [0.1, 0.15) is 25.5 Å². The normalized spacial score (nSPS) is 17.2. The fourth-order valence-corrected chi connectivity index (χ4v) is 2.85. The maximum atomic E-state index is 13.5. The van der Waals surface area contributed by atoms with Crippen LogP contribution in [0.4, 0.5) is 4.39 Å². The van der Waals surface area contributed by atoms with Crippen LogP contribution in [0.2, 0.25) is 0 Å². The average molecular weight is 276 g/mol. The number of halogens is 1. The smallest absolute Gasteiger partial charge is 0.125 e. The van der Waals surface area contributed by atoms with Gasteiger partial charge in [0.25, 0.3) is 0 Å². The molecule has 0 bridgehead atoms. The molecule has 1 aromatic carbocycles. The van der Waals surface area contributed by atoms with E-state index in [1.807, 2.05) is 6.07 Å². The van der Waals surface area contributed by atoms with Crippen LogP contribution in [0, 0.1) is 5.82 Å². The molecule has 0 saturated carbocycles. The second-order valence-corrected chi connectivity index (χ2v) is 5.71. The van der Waals surface area contributed by atoms with Crippen molar-refractivity contribution in [3.63, 3.8) is 0 Å². The fraction of sp³-hybridized carbons (Fsp3) is 0.500. The summed E-state index contributed by atoms with van der Waals surface area (Å²) in [6.45, 7) is 8.71.